The van der Waals surface area contributed by atoms with Crippen molar-refractivity contribution in [1.82, 2.24) is 0 Å². The number of nitrogens with one attached hydrogen (secondary N) is 1. The molecule has 2 rings (SSSR count). The minimum atomic E-state index is -4.96. The average molecular weight is 315 g/mol. The summed E-state index contributed by atoms with van der Waals surface area (Å²) in [6.07, 6.45) is -5.02. The van der Waals surface area contributed by atoms with Crippen LogP contribution < -0.4 is 5.32 Å². The van der Waals surface area contributed by atoms with Gasteiger partial charge in [-0.1, -0.05) is 12.1 Å². The van der Waals surface area contributed by atoms with Gasteiger partial charge in [0.25, 0.3) is 0 Å². The van der Waals surface area contributed by atoms with E-state index in [0.29, 0.717) is 0 Å². The molecule has 0 aliphatic heterocycles. The van der Waals surface area contributed by atoms with E-state index in [1.807, 2.05) is 0 Å². The van der Waals surface area contributed by atoms with Gasteiger partial charge in [-0.25, -0.2) is 8.42 Å². The van der Waals surface area contributed by atoms with Gasteiger partial charge in [0.05, 0.1) is 10.6 Å². The second kappa shape index (κ2) is 4.57. The standard InChI is InChI=1S/C11H10F5NO2S/c12-9(13)20(18,19)8-4-2-1-3-7(8)17-10(5-6-10)11(14,15)16/h1-4,9,17H,5-6H2. The van der Waals surface area contributed by atoms with Crippen LogP contribution in [0.25, 0.3) is 0 Å². The number of para-hydroxylation sites is 1. The molecule has 1 fully saturated rings. The molecular weight excluding hydrogens is 305 g/mol. The van der Waals surface area contributed by atoms with Crippen LogP contribution in [0.2, 0.25) is 0 Å². The molecule has 1 aliphatic rings. The number of anilines is 1. The molecule has 3 nitrogen and oxygen atoms in total. The molecule has 0 radical (unpaired) electrons. The van der Waals surface area contributed by atoms with Crippen LogP contribution in [0.3, 0.4) is 0 Å². The van der Waals surface area contributed by atoms with Gasteiger partial charge >= 0.3 is 11.9 Å². The molecule has 1 N–H and O–H groups in total. The molecule has 0 amide bonds. The lowest BCUT2D eigenvalue weighted by Crippen LogP contribution is -2.39. The SMILES string of the molecule is O=S(=O)(c1ccccc1NC1(C(F)(F)F)CC1)C(F)F. The lowest BCUT2D eigenvalue weighted by Gasteiger charge is -2.23. The Balaban J connectivity index is 2.41. The fourth-order valence-corrected chi connectivity index (χ4v) is 2.66. The van der Waals surface area contributed by atoms with Crippen molar-refractivity contribution >= 4 is 15.5 Å². The van der Waals surface area contributed by atoms with Gasteiger partial charge in [-0.15, -0.1) is 0 Å². The third-order valence-electron chi connectivity index (χ3n) is 3.09. The smallest absolute Gasteiger partial charge is 0.370 e. The predicted molar refractivity (Wildman–Crippen MR) is 61.3 cm³/mol. The molecular formula is C11H10F5NO2S. The van der Waals surface area contributed by atoms with Crippen LogP contribution in [0.15, 0.2) is 29.2 Å². The van der Waals surface area contributed by atoms with E-state index in [-0.39, 0.29) is 12.8 Å². The van der Waals surface area contributed by atoms with Crippen LogP contribution in [0.4, 0.5) is 27.6 Å². The van der Waals surface area contributed by atoms with E-state index in [1.165, 1.54) is 12.1 Å². The summed E-state index contributed by atoms with van der Waals surface area (Å²) in [6, 6.07) is 4.35. The summed E-state index contributed by atoms with van der Waals surface area (Å²) in [6.45, 7) is 0. The van der Waals surface area contributed by atoms with E-state index < -0.39 is 37.9 Å². The fourth-order valence-electron chi connectivity index (χ4n) is 1.78. The largest absolute Gasteiger partial charge is 0.411 e. The summed E-state index contributed by atoms with van der Waals surface area (Å²) in [7, 11) is -4.96. The highest BCUT2D eigenvalue weighted by molar-refractivity contribution is 7.91. The van der Waals surface area contributed by atoms with Crippen molar-refractivity contribution in [2.24, 2.45) is 0 Å². The topological polar surface area (TPSA) is 46.2 Å². The average Bonchev–Trinajstić information content (AvgIpc) is 3.09. The second-order valence-corrected chi connectivity index (χ2v) is 6.39. The Morgan fingerprint density at radius 3 is 2.15 bits per heavy atom. The maximum absolute atomic E-state index is 12.8. The summed E-state index contributed by atoms with van der Waals surface area (Å²) >= 11 is 0. The number of benzene rings is 1. The molecule has 1 aromatic rings. The van der Waals surface area contributed by atoms with Crippen LogP contribution in [0, 0.1) is 0 Å². The zero-order valence-electron chi connectivity index (χ0n) is 9.92. The van der Waals surface area contributed by atoms with Gasteiger partial charge in [0.1, 0.15) is 5.54 Å². The summed E-state index contributed by atoms with van der Waals surface area (Å²) in [5, 5.41) is 2.06. The Morgan fingerprint density at radius 1 is 1.15 bits per heavy atom. The summed E-state index contributed by atoms with van der Waals surface area (Å²) in [5.41, 5.74) is -2.68. The Kier molecular flexibility index (Phi) is 3.43. The van der Waals surface area contributed by atoms with Crippen LogP contribution >= 0.6 is 0 Å². The quantitative estimate of drug-likeness (QED) is 0.868. The van der Waals surface area contributed by atoms with Crippen molar-refractivity contribution in [2.45, 2.75) is 35.2 Å². The van der Waals surface area contributed by atoms with Crippen molar-refractivity contribution in [3.63, 3.8) is 0 Å². The number of hydrogen-bond donors (Lipinski definition) is 1. The zero-order chi connectivity index (χ0) is 15.2. The number of hydrogen-bond acceptors (Lipinski definition) is 3. The molecule has 9 heteroatoms. The first-order valence-corrected chi connectivity index (χ1v) is 7.11. The predicted octanol–water partition coefficient (Wildman–Crippen LogP) is 3.19. The maximum atomic E-state index is 12.8. The third-order valence-corrected chi connectivity index (χ3v) is 4.53. The van der Waals surface area contributed by atoms with E-state index in [1.54, 1.807) is 0 Å². The Labute approximate surface area is 111 Å². The number of sulfone groups is 1. The molecule has 112 valence electrons. The van der Waals surface area contributed by atoms with Gasteiger partial charge in [-0.05, 0) is 25.0 Å². The first-order valence-electron chi connectivity index (χ1n) is 5.56. The lowest BCUT2D eigenvalue weighted by molar-refractivity contribution is -0.151. The molecule has 0 saturated heterocycles. The lowest BCUT2D eigenvalue weighted by atomic mass is 10.2. The highest BCUT2D eigenvalue weighted by Crippen LogP contribution is 2.51. The van der Waals surface area contributed by atoms with Crippen molar-refractivity contribution in [3.8, 4) is 0 Å². The monoisotopic (exact) mass is 315 g/mol. The molecule has 20 heavy (non-hydrogen) atoms. The van der Waals surface area contributed by atoms with Crippen LogP contribution in [-0.4, -0.2) is 25.9 Å². The van der Waals surface area contributed by atoms with Crippen LogP contribution in [-0.2, 0) is 9.84 Å². The number of rotatable bonds is 4. The van der Waals surface area contributed by atoms with E-state index in [0.717, 1.165) is 12.1 Å². The number of halogens is 5. The highest BCUT2D eigenvalue weighted by Gasteiger charge is 2.63. The van der Waals surface area contributed by atoms with Gasteiger partial charge in [-0.3, -0.25) is 0 Å². The zero-order valence-corrected chi connectivity index (χ0v) is 10.7. The van der Waals surface area contributed by atoms with E-state index >= 15 is 0 Å². The molecule has 0 aromatic heterocycles. The summed E-state index contributed by atoms with van der Waals surface area (Å²) < 4.78 is 86.3. The van der Waals surface area contributed by atoms with E-state index in [4.69, 9.17) is 0 Å². The van der Waals surface area contributed by atoms with Crippen molar-refractivity contribution < 1.29 is 30.4 Å². The second-order valence-electron chi connectivity index (χ2n) is 4.51. The van der Waals surface area contributed by atoms with Gasteiger partial charge < -0.3 is 5.32 Å². The van der Waals surface area contributed by atoms with E-state index in [9.17, 15) is 30.4 Å². The van der Waals surface area contributed by atoms with Crippen molar-refractivity contribution in [2.75, 3.05) is 5.32 Å². The normalized spacial score (nSPS) is 18.1. The third kappa shape index (κ3) is 2.46. The summed E-state index contributed by atoms with van der Waals surface area (Å²) in [4.78, 5) is -0.828. The van der Waals surface area contributed by atoms with Crippen LogP contribution in [0.5, 0.6) is 0 Å². The molecule has 1 aromatic carbocycles. The Morgan fingerprint density at radius 2 is 1.70 bits per heavy atom. The van der Waals surface area contributed by atoms with Gasteiger partial charge in [-0.2, -0.15) is 22.0 Å². The highest BCUT2D eigenvalue weighted by atomic mass is 32.2. The Hall–Kier alpha value is -1.38. The molecule has 0 bridgehead atoms. The number of alkyl halides is 5. The summed E-state index contributed by atoms with van der Waals surface area (Å²) in [5.74, 6) is -3.69. The molecule has 1 aliphatic carbocycles. The maximum Gasteiger partial charge on any atom is 0.411 e. The van der Waals surface area contributed by atoms with Crippen LogP contribution in [0.1, 0.15) is 12.8 Å². The van der Waals surface area contributed by atoms with Crippen molar-refractivity contribution in [1.29, 1.82) is 0 Å². The van der Waals surface area contributed by atoms with Gasteiger partial charge in [0, 0.05) is 0 Å². The minimum Gasteiger partial charge on any atom is -0.370 e. The molecule has 0 heterocycles. The molecule has 0 unspecified atom stereocenters. The van der Waals surface area contributed by atoms with E-state index in [2.05, 4.69) is 5.32 Å². The van der Waals surface area contributed by atoms with Gasteiger partial charge in [0.15, 0.2) is 0 Å². The van der Waals surface area contributed by atoms with Crippen molar-refractivity contribution in [3.05, 3.63) is 24.3 Å². The molecule has 0 atom stereocenters. The fraction of sp³-hybridized carbons (Fsp3) is 0.455. The minimum absolute atomic E-state index is 0.223. The first-order chi connectivity index (χ1) is 9.10. The first kappa shape index (κ1) is 15.0. The molecule has 1 saturated carbocycles. The van der Waals surface area contributed by atoms with Gasteiger partial charge in [0.2, 0.25) is 9.84 Å². The molecule has 0 spiro atoms. The Bertz CT molecular complexity index is 607.